The monoisotopic (exact) mass is 304 g/mol. The van der Waals surface area contributed by atoms with Crippen LogP contribution in [0.2, 0.25) is 4.34 Å². The molecule has 0 aliphatic heterocycles. The number of carbonyl (C=O) groups is 2. The van der Waals surface area contributed by atoms with Crippen LogP contribution in [0.5, 0.6) is 0 Å². The highest BCUT2D eigenvalue weighted by Gasteiger charge is 2.08. The van der Waals surface area contributed by atoms with Gasteiger partial charge in [-0.1, -0.05) is 11.6 Å². The zero-order valence-corrected chi connectivity index (χ0v) is 12.2. The average molecular weight is 305 g/mol. The quantitative estimate of drug-likeness (QED) is 0.724. The predicted octanol–water partition coefficient (Wildman–Crippen LogP) is 2.50. The second-order valence-electron chi connectivity index (χ2n) is 4.19. The van der Waals surface area contributed by atoms with Gasteiger partial charge < -0.3 is 15.7 Å². The number of carboxylic acids is 1. The van der Waals surface area contributed by atoms with Crippen LogP contribution >= 0.6 is 22.9 Å². The van der Waals surface area contributed by atoms with Gasteiger partial charge in [-0.3, -0.25) is 4.79 Å². The highest BCUT2D eigenvalue weighted by Crippen LogP contribution is 2.21. The number of hydrogen-bond donors (Lipinski definition) is 3. The molecule has 1 unspecified atom stereocenters. The van der Waals surface area contributed by atoms with Crippen molar-refractivity contribution in [1.29, 1.82) is 0 Å². The molecule has 1 heterocycles. The summed E-state index contributed by atoms with van der Waals surface area (Å²) in [7, 11) is 0. The summed E-state index contributed by atoms with van der Waals surface area (Å²) in [5, 5.41) is 13.9. The van der Waals surface area contributed by atoms with Crippen LogP contribution in [-0.4, -0.2) is 29.7 Å². The number of amides is 2. The molecule has 7 heteroatoms. The number of carboxylic acid groups (broad SMARTS) is 1. The normalized spacial score (nSPS) is 11.9. The van der Waals surface area contributed by atoms with Crippen LogP contribution in [0.25, 0.3) is 0 Å². The third-order valence-corrected chi connectivity index (χ3v) is 3.75. The molecule has 1 aromatic rings. The average Bonchev–Trinajstić information content (AvgIpc) is 2.72. The fourth-order valence-corrected chi connectivity index (χ4v) is 2.56. The molecule has 0 spiro atoms. The first-order valence-corrected chi connectivity index (χ1v) is 7.17. The lowest BCUT2D eigenvalue weighted by molar-refractivity contribution is -0.137. The molecule has 2 amide bonds. The number of nitrogens with one attached hydrogen (secondary N) is 2. The van der Waals surface area contributed by atoms with E-state index in [0.717, 1.165) is 15.6 Å². The first kappa shape index (κ1) is 15.8. The molecule has 0 aliphatic carbocycles. The maximum atomic E-state index is 11.5. The number of carbonyl (C=O) groups excluding carboxylic acids is 1. The first-order valence-electron chi connectivity index (χ1n) is 5.97. The third kappa shape index (κ3) is 7.03. The molecule has 3 N–H and O–H groups in total. The van der Waals surface area contributed by atoms with Crippen LogP contribution in [0.15, 0.2) is 12.1 Å². The van der Waals surface area contributed by atoms with Gasteiger partial charge in [-0.2, -0.15) is 0 Å². The van der Waals surface area contributed by atoms with Crippen LogP contribution in [0, 0.1) is 0 Å². The molecule has 0 aliphatic rings. The molecule has 1 rings (SSSR count). The van der Waals surface area contributed by atoms with Crippen molar-refractivity contribution in [3.8, 4) is 0 Å². The number of thiophene rings is 1. The smallest absolute Gasteiger partial charge is 0.315 e. The van der Waals surface area contributed by atoms with Gasteiger partial charge in [0.15, 0.2) is 0 Å². The van der Waals surface area contributed by atoms with Gasteiger partial charge in [0.05, 0.1) is 4.34 Å². The summed E-state index contributed by atoms with van der Waals surface area (Å²) in [6.45, 7) is 2.30. The highest BCUT2D eigenvalue weighted by molar-refractivity contribution is 7.16. The van der Waals surface area contributed by atoms with Crippen molar-refractivity contribution in [3.63, 3.8) is 0 Å². The Morgan fingerprint density at radius 2 is 2.21 bits per heavy atom. The molecule has 1 atom stereocenters. The molecule has 0 bridgehead atoms. The van der Waals surface area contributed by atoms with Crippen molar-refractivity contribution >= 4 is 34.9 Å². The van der Waals surface area contributed by atoms with E-state index in [-0.39, 0.29) is 18.5 Å². The van der Waals surface area contributed by atoms with E-state index in [9.17, 15) is 9.59 Å². The summed E-state index contributed by atoms with van der Waals surface area (Å²) < 4.78 is 0.738. The van der Waals surface area contributed by atoms with Crippen LogP contribution in [0.3, 0.4) is 0 Å². The Bertz CT molecular complexity index is 436. The summed E-state index contributed by atoms with van der Waals surface area (Å²) >= 11 is 7.29. The summed E-state index contributed by atoms with van der Waals surface area (Å²) in [6, 6.07) is 3.32. The minimum Gasteiger partial charge on any atom is -0.481 e. The zero-order chi connectivity index (χ0) is 14.3. The van der Waals surface area contributed by atoms with Crippen molar-refractivity contribution < 1.29 is 14.7 Å². The summed E-state index contributed by atoms with van der Waals surface area (Å²) in [5.74, 6) is -0.858. The number of halogens is 1. The number of hydrogen-bond acceptors (Lipinski definition) is 3. The van der Waals surface area contributed by atoms with Crippen molar-refractivity contribution in [2.24, 2.45) is 0 Å². The maximum absolute atomic E-state index is 11.5. The minimum atomic E-state index is -0.858. The lowest BCUT2D eigenvalue weighted by Crippen LogP contribution is -2.41. The van der Waals surface area contributed by atoms with Gasteiger partial charge in [0.2, 0.25) is 0 Å². The van der Waals surface area contributed by atoms with E-state index in [2.05, 4.69) is 10.6 Å². The van der Waals surface area contributed by atoms with Crippen molar-refractivity contribution in [3.05, 3.63) is 21.3 Å². The van der Waals surface area contributed by atoms with E-state index in [1.165, 1.54) is 11.3 Å². The Morgan fingerprint density at radius 3 is 2.79 bits per heavy atom. The fraction of sp³-hybridized carbons (Fsp3) is 0.500. The summed E-state index contributed by atoms with van der Waals surface area (Å²) in [5.41, 5.74) is 0. The van der Waals surface area contributed by atoms with E-state index >= 15 is 0 Å². The summed E-state index contributed by atoms with van der Waals surface area (Å²) in [4.78, 5) is 23.0. The fourth-order valence-electron chi connectivity index (χ4n) is 1.47. The Hall–Kier alpha value is -1.27. The van der Waals surface area contributed by atoms with Gasteiger partial charge >= 0.3 is 12.0 Å². The van der Waals surface area contributed by atoms with Gasteiger partial charge in [0.1, 0.15) is 0 Å². The van der Waals surface area contributed by atoms with E-state index in [0.29, 0.717) is 13.0 Å². The SMILES string of the molecule is CC(CCC(=O)O)NC(=O)NCCc1ccc(Cl)s1. The molecule has 19 heavy (non-hydrogen) atoms. The Balaban J connectivity index is 2.15. The topological polar surface area (TPSA) is 78.4 Å². The van der Waals surface area contributed by atoms with Crippen molar-refractivity contribution in [2.45, 2.75) is 32.2 Å². The number of rotatable bonds is 7. The zero-order valence-electron chi connectivity index (χ0n) is 10.6. The number of urea groups is 1. The van der Waals surface area contributed by atoms with Crippen LogP contribution in [0.1, 0.15) is 24.6 Å². The molecular weight excluding hydrogens is 288 g/mol. The van der Waals surface area contributed by atoms with Crippen LogP contribution in [0.4, 0.5) is 4.79 Å². The van der Waals surface area contributed by atoms with E-state index < -0.39 is 5.97 Å². The van der Waals surface area contributed by atoms with Gasteiger partial charge in [-0.25, -0.2) is 4.79 Å². The number of aliphatic carboxylic acids is 1. The first-order chi connectivity index (χ1) is 8.97. The second-order valence-corrected chi connectivity index (χ2v) is 5.99. The van der Waals surface area contributed by atoms with E-state index in [4.69, 9.17) is 16.7 Å². The highest BCUT2D eigenvalue weighted by atomic mass is 35.5. The lowest BCUT2D eigenvalue weighted by atomic mass is 10.2. The van der Waals surface area contributed by atoms with Gasteiger partial charge in [-0.05, 0) is 31.9 Å². The van der Waals surface area contributed by atoms with Gasteiger partial charge in [-0.15, -0.1) is 11.3 Å². The van der Waals surface area contributed by atoms with E-state index in [1.54, 1.807) is 6.92 Å². The molecule has 106 valence electrons. The molecule has 0 aromatic carbocycles. The van der Waals surface area contributed by atoms with E-state index in [1.807, 2.05) is 12.1 Å². The molecule has 0 saturated heterocycles. The standard InChI is InChI=1S/C12H17ClN2O3S/c1-8(2-5-11(16)17)15-12(18)14-7-6-9-3-4-10(13)19-9/h3-4,8H,2,5-7H2,1H3,(H,16,17)(H2,14,15,18). The van der Waals surface area contributed by atoms with Crippen molar-refractivity contribution in [2.75, 3.05) is 6.54 Å². The largest absolute Gasteiger partial charge is 0.481 e. The summed E-state index contributed by atoms with van der Waals surface area (Å²) in [6.07, 6.45) is 1.20. The molecule has 0 fully saturated rings. The van der Waals surface area contributed by atoms with Gasteiger partial charge in [0.25, 0.3) is 0 Å². The Morgan fingerprint density at radius 1 is 1.47 bits per heavy atom. The van der Waals surface area contributed by atoms with Crippen LogP contribution < -0.4 is 10.6 Å². The minimum absolute atomic E-state index is 0.0507. The molecular formula is C12H17ClN2O3S. The van der Waals surface area contributed by atoms with Crippen LogP contribution in [-0.2, 0) is 11.2 Å². The predicted molar refractivity (Wildman–Crippen MR) is 75.9 cm³/mol. The lowest BCUT2D eigenvalue weighted by Gasteiger charge is -2.13. The Labute approximate surface area is 121 Å². The third-order valence-electron chi connectivity index (χ3n) is 2.45. The van der Waals surface area contributed by atoms with Gasteiger partial charge in [0, 0.05) is 23.9 Å². The molecule has 0 radical (unpaired) electrons. The molecule has 1 aromatic heterocycles. The van der Waals surface area contributed by atoms with Crippen molar-refractivity contribution in [1.82, 2.24) is 10.6 Å². The molecule has 0 saturated carbocycles. The Kier molecular flexibility index (Phi) is 6.66. The second kappa shape index (κ2) is 8.01. The maximum Gasteiger partial charge on any atom is 0.315 e. The molecule has 5 nitrogen and oxygen atoms in total.